The van der Waals surface area contributed by atoms with E-state index in [1.54, 1.807) is 6.07 Å². The van der Waals surface area contributed by atoms with Crippen LogP contribution in [-0.2, 0) is 10.2 Å². The number of methoxy groups -OCH3 is 1. The highest BCUT2D eigenvalue weighted by Crippen LogP contribution is 2.47. The number of nitrogens with two attached hydrogens (primary N) is 1. The first-order valence-electron chi connectivity index (χ1n) is 5.25. The Morgan fingerprint density at radius 2 is 2.25 bits per heavy atom. The average molecular weight is 221 g/mol. The van der Waals surface area contributed by atoms with E-state index >= 15 is 0 Å². The lowest BCUT2D eigenvalue weighted by molar-refractivity contribution is 0.0597. The molecule has 0 amide bonds. The molecule has 86 valence electrons. The van der Waals surface area contributed by atoms with Crippen molar-refractivity contribution in [3.05, 3.63) is 29.3 Å². The van der Waals surface area contributed by atoms with E-state index in [4.69, 9.17) is 5.73 Å². The van der Waals surface area contributed by atoms with Crippen molar-refractivity contribution < 1.29 is 14.6 Å². The number of benzene rings is 1. The molecule has 0 spiro atoms. The average Bonchev–Trinajstić information content (AvgIpc) is 3.09. The number of phenols is 1. The summed E-state index contributed by atoms with van der Waals surface area (Å²) in [5.41, 5.74) is 6.94. The van der Waals surface area contributed by atoms with Crippen molar-refractivity contribution in [2.45, 2.75) is 18.3 Å². The minimum Gasteiger partial charge on any atom is -0.507 e. The van der Waals surface area contributed by atoms with E-state index in [1.807, 2.05) is 6.07 Å². The Kier molecular flexibility index (Phi) is 2.59. The highest BCUT2D eigenvalue weighted by Gasteiger charge is 2.43. The molecule has 4 nitrogen and oxygen atoms in total. The molecule has 0 unspecified atom stereocenters. The third-order valence-corrected chi connectivity index (χ3v) is 3.26. The van der Waals surface area contributed by atoms with Gasteiger partial charge in [-0.25, -0.2) is 4.79 Å². The predicted octanol–water partition coefficient (Wildman–Crippen LogP) is 1.17. The van der Waals surface area contributed by atoms with Crippen LogP contribution in [0.1, 0.15) is 28.8 Å². The second kappa shape index (κ2) is 3.79. The lowest BCUT2D eigenvalue weighted by Gasteiger charge is -2.14. The van der Waals surface area contributed by atoms with Gasteiger partial charge in [0, 0.05) is 12.0 Å². The zero-order chi connectivity index (χ0) is 11.8. The van der Waals surface area contributed by atoms with Crippen molar-refractivity contribution in [1.29, 1.82) is 0 Å². The summed E-state index contributed by atoms with van der Waals surface area (Å²) in [6, 6.07) is 5.03. The van der Waals surface area contributed by atoms with E-state index in [2.05, 4.69) is 4.74 Å². The number of rotatable bonds is 3. The Morgan fingerprint density at radius 3 is 2.75 bits per heavy atom. The number of carbonyl (C=O) groups is 1. The Morgan fingerprint density at radius 1 is 1.56 bits per heavy atom. The standard InChI is InChI=1S/C12H15NO3/c1-16-11(15)9-6-8(2-3-10(9)14)12(7-13)4-5-12/h2-3,6,14H,4-5,7,13H2,1H3. The molecule has 1 aliphatic carbocycles. The minimum atomic E-state index is -0.521. The van der Waals surface area contributed by atoms with E-state index in [0.717, 1.165) is 18.4 Å². The van der Waals surface area contributed by atoms with Crippen LogP contribution in [0.5, 0.6) is 5.75 Å². The molecular formula is C12H15NO3. The molecule has 0 bridgehead atoms. The van der Waals surface area contributed by atoms with Crippen LogP contribution in [-0.4, -0.2) is 24.7 Å². The van der Waals surface area contributed by atoms with E-state index in [0.29, 0.717) is 6.54 Å². The van der Waals surface area contributed by atoms with Crippen LogP contribution in [0.25, 0.3) is 0 Å². The van der Waals surface area contributed by atoms with Crippen LogP contribution in [0.2, 0.25) is 0 Å². The Balaban J connectivity index is 2.40. The number of hydrogen-bond acceptors (Lipinski definition) is 4. The maximum atomic E-state index is 11.4. The molecule has 2 rings (SSSR count). The normalized spacial score (nSPS) is 16.9. The molecule has 0 aromatic heterocycles. The Hall–Kier alpha value is -1.55. The van der Waals surface area contributed by atoms with Gasteiger partial charge in [0.15, 0.2) is 0 Å². The first-order chi connectivity index (χ1) is 7.63. The monoisotopic (exact) mass is 221 g/mol. The molecule has 0 heterocycles. The van der Waals surface area contributed by atoms with E-state index in [-0.39, 0.29) is 16.7 Å². The molecule has 1 aromatic carbocycles. The second-order valence-corrected chi connectivity index (χ2v) is 4.21. The van der Waals surface area contributed by atoms with Crippen molar-refractivity contribution in [1.82, 2.24) is 0 Å². The van der Waals surface area contributed by atoms with E-state index in [1.165, 1.54) is 13.2 Å². The first-order valence-corrected chi connectivity index (χ1v) is 5.25. The molecular weight excluding hydrogens is 206 g/mol. The molecule has 1 saturated carbocycles. The summed E-state index contributed by atoms with van der Waals surface area (Å²) in [7, 11) is 1.30. The second-order valence-electron chi connectivity index (χ2n) is 4.21. The summed E-state index contributed by atoms with van der Waals surface area (Å²) in [5.74, 6) is -0.574. The number of carbonyl (C=O) groups excluding carboxylic acids is 1. The van der Waals surface area contributed by atoms with Crippen molar-refractivity contribution in [3.63, 3.8) is 0 Å². The van der Waals surface area contributed by atoms with Crippen LogP contribution in [0, 0.1) is 0 Å². The largest absolute Gasteiger partial charge is 0.507 e. The minimum absolute atomic E-state index is 0.0104. The highest BCUT2D eigenvalue weighted by molar-refractivity contribution is 5.92. The summed E-state index contributed by atoms with van der Waals surface area (Å²) in [6.07, 6.45) is 2.07. The quantitative estimate of drug-likeness (QED) is 0.751. The third-order valence-electron chi connectivity index (χ3n) is 3.26. The van der Waals surface area contributed by atoms with Crippen molar-refractivity contribution in [3.8, 4) is 5.75 Å². The molecule has 4 heteroatoms. The smallest absolute Gasteiger partial charge is 0.341 e. The number of ether oxygens (including phenoxy) is 1. The summed E-state index contributed by atoms with van der Waals surface area (Å²) in [6.45, 7) is 0.568. The van der Waals surface area contributed by atoms with Gasteiger partial charge in [-0.2, -0.15) is 0 Å². The van der Waals surface area contributed by atoms with Crippen LogP contribution in [0.3, 0.4) is 0 Å². The van der Waals surface area contributed by atoms with Crippen LogP contribution in [0.4, 0.5) is 0 Å². The first kappa shape index (κ1) is 11.0. The fraction of sp³-hybridized carbons (Fsp3) is 0.417. The van der Waals surface area contributed by atoms with Gasteiger partial charge in [-0.1, -0.05) is 6.07 Å². The number of esters is 1. The Bertz CT molecular complexity index is 424. The van der Waals surface area contributed by atoms with Gasteiger partial charge in [0.2, 0.25) is 0 Å². The highest BCUT2D eigenvalue weighted by atomic mass is 16.5. The molecule has 16 heavy (non-hydrogen) atoms. The summed E-state index contributed by atoms with van der Waals surface area (Å²) in [5, 5.41) is 9.56. The van der Waals surface area contributed by atoms with Gasteiger partial charge in [0.05, 0.1) is 7.11 Å². The van der Waals surface area contributed by atoms with E-state index in [9.17, 15) is 9.90 Å². The Labute approximate surface area is 94.0 Å². The van der Waals surface area contributed by atoms with Crippen LogP contribution in [0.15, 0.2) is 18.2 Å². The van der Waals surface area contributed by atoms with Crippen molar-refractivity contribution in [2.24, 2.45) is 5.73 Å². The zero-order valence-electron chi connectivity index (χ0n) is 9.19. The summed E-state index contributed by atoms with van der Waals surface area (Å²) < 4.78 is 4.61. The predicted molar refractivity (Wildman–Crippen MR) is 59.4 cm³/mol. The molecule has 1 aromatic rings. The maximum absolute atomic E-state index is 11.4. The van der Waals surface area contributed by atoms with E-state index < -0.39 is 5.97 Å². The molecule has 0 radical (unpaired) electrons. The molecule has 1 aliphatic rings. The molecule has 1 fully saturated rings. The van der Waals surface area contributed by atoms with Crippen LogP contribution < -0.4 is 5.73 Å². The van der Waals surface area contributed by atoms with Gasteiger partial charge in [-0.05, 0) is 30.5 Å². The van der Waals surface area contributed by atoms with Crippen molar-refractivity contribution in [2.75, 3.05) is 13.7 Å². The van der Waals surface area contributed by atoms with Gasteiger partial charge in [-0.15, -0.1) is 0 Å². The molecule has 0 saturated heterocycles. The lowest BCUT2D eigenvalue weighted by Crippen LogP contribution is -2.20. The fourth-order valence-corrected chi connectivity index (χ4v) is 1.90. The fourth-order valence-electron chi connectivity index (χ4n) is 1.90. The zero-order valence-corrected chi connectivity index (χ0v) is 9.19. The topological polar surface area (TPSA) is 72.5 Å². The molecule has 0 atom stereocenters. The third kappa shape index (κ3) is 1.65. The summed E-state index contributed by atoms with van der Waals surface area (Å²) >= 11 is 0. The lowest BCUT2D eigenvalue weighted by atomic mass is 9.94. The molecule has 3 N–H and O–H groups in total. The molecule has 0 aliphatic heterocycles. The van der Waals surface area contributed by atoms with Gasteiger partial charge in [0.25, 0.3) is 0 Å². The van der Waals surface area contributed by atoms with Gasteiger partial charge >= 0.3 is 5.97 Å². The van der Waals surface area contributed by atoms with Gasteiger partial charge in [0.1, 0.15) is 11.3 Å². The van der Waals surface area contributed by atoms with Crippen molar-refractivity contribution >= 4 is 5.97 Å². The SMILES string of the molecule is COC(=O)c1cc(C2(CN)CC2)ccc1O. The number of aromatic hydroxyl groups is 1. The van der Waals surface area contributed by atoms with Crippen LogP contribution >= 0.6 is 0 Å². The van der Waals surface area contributed by atoms with Gasteiger partial charge < -0.3 is 15.6 Å². The van der Waals surface area contributed by atoms with Gasteiger partial charge in [-0.3, -0.25) is 0 Å². The maximum Gasteiger partial charge on any atom is 0.341 e. The number of hydrogen-bond donors (Lipinski definition) is 2. The summed E-state index contributed by atoms with van der Waals surface area (Å²) in [4.78, 5) is 11.4. The number of phenolic OH excluding ortho intramolecular Hbond substituents is 1.